The van der Waals surface area contributed by atoms with E-state index in [0.717, 1.165) is 32.5 Å². The summed E-state index contributed by atoms with van der Waals surface area (Å²) in [5.74, 6) is 0.522. The van der Waals surface area contributed by atoms with Gasteiger partial charge in [-0.15, -0.1) is 0 Å². The molecule has 0 radical (unpaired) electrons. The van der Waals surface area contributed by atoms with Crippen LogP contribution in [0, 0.1) is 16.0 Å². The van der Waals surface area contributed by atoms with Crippen LogP contribution in [0.5, 0.6) is 0 Å². The second kappa shape index (κ2) is 6.02. The number of rotatable bonds is 4. The van der Waals surface area contributed by atoms with Crippen LogP contribution in [0.25, 0.3) is 0 Å². The molecule has 1 aromatic rings. The molecular formula is C12H16ClN3O2. The molecule has 0 aliphatic carbocycles. The van der Waals surface area contributed by atoms with Crippen LogP contribution < -0.4 is 10.6 Å². The number of nitro groups is 1. The molecule has 1 aromatic carbocycles. The molecule has 0 saturated carbocycles. The highest BCUT2D eigenvalue weighted by molar-refractivity contribution is 6.30. The second-order valence-corrected chi connectivity index (χ2v) is 4.95. The Morgan fingerprint density at radius 1 is 1.56 bits per heavy atom. The number of nitrogens with zero attached hydrogens (tertiary/aromatic N) is 1. The monoisotopic (exact) mass is 269 g/mol. The molecule has 1 fully saturated rings. The Balaban J connectivity index is 2.01. The van der Waals surface area contributed by atoms with E-state index < -0.39 is 4.92 Å². The van der Waals surface area contributed by atoms with Gasteiger partial charge in [-0.1, -0.05) is 11.6 Å². The van der Waals surface area contributed by atoms with Crippen LogP contribution in [0.2, 0.25) is 5.02 Å². The van der Waals surface area contributed by atoms with E-state index in [1.54, 1.807) is 12.1 Å². The fourth-order valence-electron chi connectivity index (χ4n) is 2.16. The molecule has 1 heterocycles. The van der Waals surface area contributed by atoms with E-state index in [2.05, 4.69) is 10.6 Å². The first-order valence-corrected chi connectivity index (χ1v) is 6.43. The van der Waals surface area contributed by atoms with Crippen molar-refractivity contribution in [2.24, 2.45) is 5.92 Å². The molecule has 2 N–H and O–H groups in total. The summed E-state index contributed by atoms with van der Waals surface area (Å²) in [6, 6.07) is 4.70. The highest BCUT2D eigenvalue weighted by Gasteiger charge is 2.17. The molecule has 0 amide bonds. The van der Waals surface area contributed by atoms with E-state index in [0.29, 0.717) is 16.6 Å². The molecule has 6 heteroatoms. The van der Waals surface area contributed by atoms with Crippen molar-refractivity contribution in [3.8, 4) is 0 Å². The van der Waals surface area contributed by atoms with E-state index in [9.17, 15) is 10.1 Å². The zero-order valence-electron chi connectivity index (χ0n) is 9.99. The van der Waals surface area contributed by atoms with Gasteiger partial charge in [-0.2, -0.15) is 0 Å². The summed E-state index contributed by atoms with van der Waals surface area (Å²) >= 11 is 5.77. The standard InChI is InChI=1S/C12H16ClN3O2/c13-10-3-4-11(12(6-10)16(17)18)15-8-9-2-1-5-14-7-9/h3-4,6,9,14-15H,1-2,5,7-8H2. The Morgan fingerprint density at radius 2 is 2.39 bits per heavy atom. The molecule has 18 heavy (non-hydrogen) atoms. The van der Waals surface area contributed by atoms with Gasteiger partial charge in [-0.05, 0) is 44.0 Å². The van der Waals surface area contributed by atoms with Crippen LogP contribution in [0.3, 0.4) is 0 Å². The topological polar surface area (TPSA) is 67.2 Å². The van der Waals surface area contributed by atoms with Crippen molar-refractivity contribution in [3.05, 3.63) is 33.3 Å². The molecule has 0 spiro atoms. The van der Waals surface area contributed by atoms with Gasteiger partial charge >= 0.3 is 0 Å². The molecule has 0 aromatic heterocycles. The van der Waals surface area contributed by atoms with Gasteiger partial charge in [0.2, 0.25) is 0 Å². The maximum atomic E-state index is 10.9. The van der Waals surface area contributed by atoms with E-state index in [4.69, 9.17) is 11.6 Å². The lowest BCUT2D eigenvalue weighted by atomic mass is 10.00. The van der Waals surface area contributed by atoms with E-state index in [-0.39, 0.29) is 5.69 Å². The SMILES string of the molecule is O=[N+]([O-])c1cc(Cl)ccc1NCC1CCCNC1. The zero-order valence-corrected chi connectivity index (χ0v) is 10.7. The minimum absolute atomic E-state index is 0.0336. The largest absolute Gasteiger partial charge is 0.379 e. The second-order valence-electron chi connectivity index (χ2n) is 4.51. The van der Waals surface area contributed by atoms with Gasteiger partial charge in [0.1, 0.15) is 5.69 Å². The predicted octanol–water partition coefficient (Wildman–Crippen LogP) is 2.66. The van der Waals surface area contributed by atoms with E-state index in [1.807, 2.05) is 0 Å². The minimum atomic E-state index is -0.409. The first kappa shape index (κ1) is 13.1. The summed E-state index contributed by atoms with van der Waals surface area (Å²) in [4.78, 5) is 10.5. The Morgan fingerprint density at radius 3 is 3.06 bits per heavy atom. The van der Waals surface area contributed by atoms with Crippen molar-refractivity contribution in [2.45, 2.75) is 12.8 Å². The number of anilines is 1. The molecule has 1 saturated heterocycles. The normalized spacial score (nSPS) is 19.5. The fourth-order valence-corrected chi connectivity index (χ4v) is 2.32. The quantitative estimate of drug-likeness (QED) is 0.651. The molecule has 98 valence electrons. The van der Waals surface area contributed by atoms with Crippen molar-refractivity contribution in [2.75, 3.05) is 25.0 Å². The summed E-state index contributed by atoms with van der Waals surface area (Å²) < 4.78 is 0. The summed E-state index contributed by atoms with van der Waals surface area (Å²) in [5.41, 5.74) is 0.571. The molecule has 2 rings (SSSR count). The van der Waals surface area contributed by atoms with Crippen molar-refractivity contribution >= 4 is 23.0 Å². The van der Waals surface area contributed by atoms with Gasteiger partial charge in [-0.3, -0.25) is 10.1 Å². The third kappa shape index (κ3) is 3.34. The van der Waals surface area contributed by atoms with Gasteiger partial charge in [-0.25, -0.2) is 0 Å². The maximum Gasteiger partial charge on any atom is 0.293 e. The van der Waals surface area contributed by atoms with Crippen molar-refractivity contribution in [3.63, 3.8) is 0 Å². The van der Waals surface area contributed by atoms with E-state index >= 15 is 0 Å². The van der Waals surface area contributed by atoms with Crippen LogP contribution in [0.15, 0.2) is 18.2 Å². The van der Waals surface area contributed by atoms with Crippen molar-refractivity contribution in [1.82, 2.24) is 5.32 Å². The van der Waals surface area contributed by atoms with Gasteiger partial charge in [0.05, 0.1) is 4.92 Å². The van der Waals surface area contributed by atoms with Crippen molar-refractivity contribution in [1.29, 1.82) is 0 Å². The fraction of sp³-hybridized carbons (Fsp3) is 0.500. The molecule has 1 atom stereocenters. The predicted molar refractivity (Wildman–Crippen MR) is 72.2 cm³/mol. The Labute approximate surface area is 111 Å². The molecule has 1 aliphatic heterocycles. The molecule has 1 unspecified atom stereocenters. The number of benzene rings is 1. The smallest absolute Gasteiger partial charge is 0.293 e. The van der Waals surface area contributed by atoms with Crippen LogP contribution in [0.4, 0.5) is 11.4 Å². The summed E-state index contributed by atoms with van der Waals surface area (Å²) in [6.45, 7) is 2.78. The molecule has 5 nitrogen and oxygen atoms in total. The summed E-state index contributed by atoms with van der Waals surface area (Å²) in [6.07, 6.45) is 2.32. The number of halogens is 1. The van der Waals surface area contributed by atoms with Gasteiger partial charge in [0.25, 0.3) is 5.69 Å². The Hall–Kier alpha value is -1.33. The number of nitro benzene ring substituents is 1. The Bertz CT molecular complexity index is 433. The minimum Gasteiger partial charge on any atom is -0.379 e. The molecule has 1 aliphatic rings. The zero-order chi connectivity index (χ0) is 13.0. The molecule has 0 bridgehead atoms. The third-order valence-corrected chi connectivity index (χ3v) is 3.37. The van der Waals surface area contributed by atoms with Crippen molar-refractivity contribution < 1.29 is 4.92 Å². The first-order valence-electron chi connectivity index (χ1n) is 6.05. The number of hydrogen-bond acceptors (Lipinski definition) is 4. The maximum absolute atomic E-state index is 10.9. The number of nitrogens with one attached hydrogen (secondary N) is 2. The van der Waals surface area contributed by atoms with E-state index in [1.165, 1.54) is 6.07 Å². The van der Waals surface area contributed by atoms with Crippen LogP contribution >= 0.6 is 11.6 Å². The van der Waals surface area contributed by atoms with Crippen LogP contribution in [0.1, 0.15) is 12.8 Å². The van der Waals surface area contributed by atoms with Crippen LogP contribution in [-0.4, -0.2) is 24.6 Å². The highest BCUT2D eigenvalue weighted by atomic mass is 35.5. The Kier molecular flexibility index (Phi) is 4.38. The lowest BCUT2D eigenvalue weighted by molar-refractivity contribution is -0.383. The summed E-state index contributed by atoms with van der Waals surface area (Å²) in [5, 5.41) is 17.8. The lowest BCUT2D eigenvalue weighted by Crippen LogP contribution is -2.33. The number of piperidine rings is 1. The lowest BCUT2D eigenvalue weighted by Gasteiger charge is -2.23. The van der Waals surface area contributed by atoms with Gasteiger partial charge < -0.3 is 10.6 Å². The average molecular weight is 270 g/mol. The molecular weight excluding hydrogens is 254 g/mol. The van der Waals surface area contributed by atoms with Crippen LogP contribution in [-0.2, 0) is 0 Å². The van der Waals surface area contributed by atoms with Gasteiger partial charge in [0, 0.05) is 17.6 Å². The third-order valence-electron chi connectivity index (χ3n) is 3.14. The number of hydrogen-bond donors (Lipinski definition) is 2. The first-order chi connectivity index (χ1) is 8.66. The average Bonchev–Trinajstić information content (AvgIpc) is 2.38. The summed E-state index contributed by atoms with van der Waals surface area (Å²) in [7, 11) is 0. The van der Waals surface area contributed by atoms with Gasteiger partial charge in [0.15, 0.2) is 0 Å². The highest BCUT2D eigenvalue weighted by Crippen LogP contribution is 2.28.